The molecule has 3 nitrogen and oxygen atoms in total. The van der Waals surface area contributed by atoms with E-state index >= 15 is 0 Å². The molecule has 2 fully saturated rings. The third-order valence-electron chi connectivity index (χ3n) is 5.23. The van der Waals surface area contributed by atoms with E-state index in [4.69, 9.17) is 0 Å². The van der Waals surface area contributed by atoms with Gasteiger partial charge in [-0.2, -0.15) is 0 Å². The van der Waals surface area contributed by atoms with Crippen molar-refractivity contribution in [2.45, 2.75) is 10.8 Å². The average Bonchev–Trinajstić information content (AvgIpc) is 2.57. The van der Waals surface area contributed by atoms with Crippen LogP contribution in [0.25, 0.3) is 0 Å². The highest BCUT2D eigenvalue weighted by Crippen LogP contribution is 2.40. The Morgan fingerprint density at radius 1 is 0.636 bits per heavy atom. The van der Waals surface area contributed by atoms with Gasteiger partial charge in [-0.25, -0.2) is 0 Å². The summed E-state index contributed by atoms with van der Waals surface area (Å²) < 4.78 is 0. The van der Waals surface area contributed by atoms with E-state index in [0.717, 1.165) is 11.1 Å². The van der Waals surface area contributed by atoms with Crippen LogP contribution in [0, 0.1) is 0 Å². The number of rotatable bonds is 2. The molecule has 0 spiro atoms. The van der Waals surface area contributed by atoms with E-state index in [1.165, 1.54) is 0 Å². The van der Waals surface area contributed by atoms with Crippen LogP contribution >= 0.6 is 0 Å². The summed E-state index contributed by atoms with van der Waals surface area (Å²) in [6, 6.07) is 20.4. The monoisotopic (exact) mass is 292 g/mol. The number of hydrogen-bond donors (Lipinski definition) is 2. The molecule has 0 atom stereocenters. The van der Waals surface area contributed by atoms with Crippen molar-refractivity contribution in [3.63, 3.8) is 0 Å². The summed E-state index contributed by atoms with van der Waals surface area (Å²) in [5.41, 5.74) is 1.29. The van der Waals surface area contributed by atoms with Gasteiger partial charge < -0.3 is 10.6 Å². The number of hydrogen-bond acceptors (Lipinski definition) is 3. The number of piperidine rings is 2. The number of carbonyl (C=O) groups excluding carboxylic acids is 1. The summed E-state index contributed by atoms with van der Waals surface area (Å²) in [6.45, 7) is 2.82. The minimum absolute atomic E-state index is 0.356. The zero-order valence-electron chi connectivity index (χ0n) is 12.5. The van der Waals surface area contributed by atoms with Crippen LogP contribution in [-0.4, -0.2) is 32.0 Å². The van der Waals surface area contributed by atoms with Crippen LogP contribution in [-0.2, 0) is 15.6 Å². The van der Waals surface area contributed by atoms with Gasteiger partial charge in [0.15, 0.2) is 5.78 Å². The lowest BCUT2D eigenvalue weighted by molar-refractivity contribution is -0.134. The van der Waals surface area contributed by atoms with Crippen molar-refractivity contribution in [2.24, 2.45) is 0 Å². The Labute approximate surface area is 130 Å². The normalized spacial score (nSPS) is 31.0. The predicted octanol–water partition coefficient (Wildman–Crippen LogP) is 1.64. The fraction of sp³-hybridized carbons (Fsp3) is 0.316. The molecule has 0 radical (unpaired) electrons. The third kappa shape index (κ3) is 1.79. The number of ketones is 1. The molecule has 2 aliphatic rings. The molecule has 0 saturated carbocycles. The maximum atomic E-state index is 13.6. The Balaban J connectivity index is 1.85. The fourth-order valence-electron chi connectivity index (χ4n) is 4.07. The largest absolute Gasteiger partial charge is 0.314 e. The molecule has 2 heterocycles. The molecule has 22 heavy (non-hydrogen) atoms. The molecule has 2 bridgehead atoms. The Bertz CT molecular complexity index is 614. The molecule has 0 aliphatic carbocycles. The lowest BCUT2D eigenvalue weighted by Crippen LogP contribution is -2.72. The van der Waals surface area contributed by atoms with Crippen molar-refractivity contribution in [3.8, 4) is 0 Å². The molecule has 2 N–H and O–H groups in total. The molecule has 2 aromatic rings. The molecule has 2 aromatic carbocycles. The zero-order valence-corrected chi connectivity index (χ0v) is 12.5. The quantitative estimate of drug-likeness (QED) is 0.884. The summed E-state index contributed by atoms with van der Waals surface area (Å²) in [7, 11) is 0. The molecular weight excluding hydrogens is 272 g/mol. The van der Waals surface area contributed by atoms with Gasteiger partial charge in [-0.1, -0.05) is 60.7 Å². The number of benzene rings is 2. The number of Topliss-reactive ketones (excluding diaryl/α,β-unsaturated/α-hetero) is 1. The van der Waals surface area contributed by atoms with E-state index in [1.54, 1.807) is 0 Å². The number of fused-ring (bicyclic) bond motifs is 2. The van der Waals surface area contributed by atoms with Gasteiger partial charge in [-0.3, -0.25) is 4.79 Å². The number of carbonyl (C=O) groups is 1. The first-order chi connectivity index (χ1) is 10.8. The smallest absolute Gasteiger partial charge is 0.159 e. The lowest BCUT2D eigenvalue weighted by Gasteiger charge is -2.51. The molecule has 3 heteroatoms. The van der Waals surface area contributed by atoms with Crippen molar-refractivity contribution < 1.29 is 4.79 Å². The van der Waals surface area contributed by atoms with E-state index in [-0.39, 0.29) is 0 Å². The molecule has 112 valence electrons. The first-order valence-electron chi connectivity index (χ1n) is 7.85. The average molecular weight is 292 g/mol. The maximum Gasteiger partial charge on any atom is 0.159 e. The van der Waals surface area contributed by atoms with Crippen LogP contribution in [0.15, 0.2) is 60.7 Å². The van der Waals surface area contributed by atoms with Gasteiger partial charge in [-0.15, -0.1) is 0 Å². The highest BCUT2D eigenvalue weighted by molar-refractivity contribution is 6.01. The van der Waals surface area contributed by atoms with Crippen LogP contribution < -0.4 is 10.6 Å². The third-order valence-corrected chi connectivity index (χ3v) is 5.23. The van der Waals surface area contributed by atoms with Crippen LogP contribution in [0.3, 0.4) is 0 Å². The van der Waals surface area contributed by atoms with Gasteiger partial charge in [0.2, 0.25) is 0 Å². The molecule has 2 aliphatic heterocycles. The molecular formula is C19H20N2O. The molecule has 0 unspecified atom stereocenters. The van der Waals surface area contributed by atoms with Gasteiger partial charge in [0.1, 0.15) is 0 Å². The van der Waals surface area contributed by atoms with Crippen molar-refractivity contribution in [1.29, 1.82) is 0 Å². The van der Waals surface area contributed by atoms with Crippen molar-refractivity contribution in [1.82, 2.24) is 10.6 Å². The second kappa shape index (κ2) is 5.04. The van der Waals surface area contributed by atoms with Crippen molar-refractivity contribution in [2.75, 3.05) is 26.2 Å². The van der Waals surface area contributed by atoms with E-state index in [1.807, 2.05) is 36.4 Å². The Morgan fingerprint density at radius 3 is 1.36 bits per heavy atom. The number of nitrogens with one attached hydrogen (secondary N) is 2. The minimum Gasteiger partial charge on any atom is -0.314 e. The van der Waals surface area contributed by atoms with Crippen molar-refractivity contribution >= 4 is 5.78 Å². The predicted molar refractivity (Wildman–Crippen MR) is 87.0 cm³/mol. The minimum atomic E-state index is -0.465. The summed E-state index contributed by atoms with van der Waals surface area (Å²) in [6.07, 6.45) is 0. The lowest BCUT2D eigenvalue weighted by atomic mass is 9.59. The van der Waals surface area contributed by atoms with Gasteiger partial charge in [0.25, 0.3) is 0 Å². The van der Waals surface area contributed by atoms with Crippen LogP contribution in [0.2, 0.25) is 0 Å². The standard InChI is InChI=1S/C19H20N2O/c22-17-18(15-7-3-1-4-8-15)11-20-13-19(17,14-21-12-18)16-9-5-2-6-10-16/h1-10,20-21H,11-14H2. The Morgan fingerprint density at radius 2 is 1.00 bits per heavy atom. The Kier molecular flexibility index (Phi) is 3.13. The van der Waals surface area contributed by atoms with Gasteiger partial charge in [0.05, 0.1) is 10.8 Å². The van der Waals surface area contributed by atoms with Gasteiger partial charge in [0, 0.05) is 26.2 Å². The van der Waals surface area contributed by atoms with Crippen LogP contribution in [0.4, 0.5) is 0 Å². The first-order valence-corrected chi connectivity index (χ1v) is 7.85. The molecule has 0 amide bonds. The van der Waals surface area contributed by atoms with Crippen molar-refractivity contribution in [3.05, 3.63) is 71.8 Å². The zero-order chi connectivity index (χ0) is 15.0. The topological polar surface area (TPSA) is 41.1 Å². The molecule has 2 saturated heterocycles. The second-order valence-corrected chi connectivity index (χ2v) is 6.43. The van der Waals surface area contributed by atoms with E-state index < -0.39 is 10.8 Å². The Hall–Kier alpha value is -1.97. The summed E-state index contributed by atoms with van der Waals surface area (Å²) in [5, 5.41) is 7.07. The van der Waals surface area contributed by atoms with Gasteiger partial charge in [-0.05, 0) is 11.1 Å². The van der Waals surface area contributed by atoms with Crippen LogP contribution in [0.1, 0.15) is 11.1 Å². The van der Waals surface area contributed by atoms with E-state index in [2.05, 4.69) is 34.9 Å². The molecule has 4 rings (SSSR count). The highest BCUT2D eigenvalue weighted by atomic mass is 16.1. The first kappa shape index (κ1) is 13.7. The summed E-state index contributed by atoms with van der Waals surface area (Å²) >= 11 is 0. The van der Waals surface area contributed by atoms with Crippen LogP contribution in [0.5, 0.6) is 0 Å². The van der Waals surface area contributed by atoms with E-state index in [0.29, 0.717) is 32.0 Å². The highest BCUT2D eigenvalue weighted by Gasteiger charge is 2.57. The fourth-order valence-corrected chi connectivity index (χ4v) is 4.07. The SMILES string of the molecule is O=C1C2(c3ccccc3)CNCC1(c1ccccc1)CNC2. The molecule has 0 aromatic heterocycles. The second-order valence-electron chi connectivity index (χ2n) is 6.43. The summed E-state index contributed by atoms with van der Waals surface area (Å²) in [4.78, 5) is 13.6. The maximum absolute atomic E-state index is 13.6. The van der Waals surface area contributed by atoms with Gasteiger partial charge >= 0.3 is 0 Å². The van der Waals surface area contributed by atoms with E-state index in [9.17, 15) is 4.79 Å². The summed E-state index contributed by atoms with van der Waals surface area (Å²) in [5.74, 6) is 0.356.